The van der Waals surface area contributed by atoms with Crippen LogP contribution in [0.15, 0.2) is 53.0 Å². The lowest BCUT2D eigenvalue weighted by Crippen LogP contribution is -2.54. The fourth-order valence-electron chi connectivity index (χ4n) is 3.39. The van der Waals surface area contributed by atoms with Crippen molar-refractivity contribution in [2.75, 3.05) is 26.2 Å². The highest BCUT2D eigenvalue weighted by Gasteiger charge is 2.28. The summed E-state index contributed by atoms with van der Waals surface area (Å²) >= 11 is 3.42. The van der Waals surface area contributed by atoms with E-state index in [0.29, 0.717) is 25.1 Å². The van der Waals surface area contributed by atoms with Gasteiger partial charge in [0.25, 0.3) is 5.91 Å². The lowest BCUT2D eigenvalue weighted by atomic mass is 10.1. The van der Waals surface area contributed by atoms with Crippen LogP contribution in [0.25, 0.3) is 0 Å². The number of halogens is 2. The normalized spacial score (nSPS) is 14.9. The molecule has 2 aromatic rings. The lowest BCUT2D eigenvalue weighted by Gasteiger charge is -2.34. The minimum atomic E-state index is -0.643. The van der Waals surface area contributed by atoms with Crippen LogP contribution in [0.1, 0.15) is 22.8 Å². The smallest absolute Gasteiger partial charge is 0.312 e. The van der Waals surface area contributed by atoms with Crippen LogP contribution in [0, 0.1) is 5.82 Å². The molecule has 0 aliphatic carbocycles. The predicted octanol–water partition coefficient (Wildman–Crippen LogP) is 2.62. The fourth-order valence-corrected chi connectivity index (χ4v) is 3.83. The maximum absolute atomic E-state index is 13.0. The van der Waals surface area contributed by atoms with E-state index in [1.807, 2.05) is 31.2 Å². The van der Waals surface area contributed by atoms with Crippen LogP contribution in [0.3, 0.4) is 0 Å². The summed E-state index contributed by atoms with van der Waals surface area (Å²) in [6, 6.07) is 13.0. The van der Waals surface area contributed by atoms with E-state index < -0.39 is 17.6 Å². The molecule has 1 heterocycles. The molecule has 1 atom stereocenters. The highest BCUT2D eigenvalue weighted by molar-refractivity contribution is 9.10. The lowest BCUT2D eigenvalue weighted by molar-refractivity contribution is -0.147. The van der Waals surface area contributed by atoms with E-state index in [4.69, 9.17) is 0 Å². The molecule has 2 aromatic carbocycles. The molecular formula is C22H23BrFN3O3. The van der Waals surface area contributed by atoms with Gasteiger partial charge in [0.2, 0.25) is 0 Å². The van der Waals surface area contributed by atoms with Crippen molar-refractivity contribution in [2.24, 2.45) is 0 Å². The minimum absolute atomic E-state index is 0.197. The Morgan fingerprint density at radius 3 is 2.30 bits per heavy atom. The summed E-state index contributed by atoms with van der Waals surface area (Å²) in [5.41, 5.74) is 1.45. The fraction of sp³-hybridized carbons (Fsp3) is 0.318. The number of amides is 3. The first-order chi connectivity index (χ1) is 14.3. The molecule has 0 radical (unpaired) electrons. The second-order valence-electron chi connectivity index (χ2n) is 7.30. The van der Waals surface area contributed by atoms with E-state index in [-0.39, 0.29) is 25.0 Å². The summed E-state index contributed by atoms with van der Waals surface area (Å²) in [5.74, 6) is -1.85. The first-order valence-electron chi connectivity index (χ1n) is 9.72. The molecule has 6 nitrogen and oxygen atoms in total. The van der Waals surface area contributed by atoms with E-state index in [9.17, 15) is 18.8 Å². The van der Waals surface area contributed by atoms with Crippen molar-refractivity contribution in [3.8, 4) is 0 Å². The predicted molar refractivity (Wildman–Crippen MR) is 114 cm³/mol. The number of carbonyl (C=O) groups is 3. The van der Waals surface area contributed by atoms with Crippen molar-refractivity contribution in [1.29, 1.82) is 0 Å². The Balaban J connectivity index is 1.48. The third kappa shape index (κ3) is 5.66. The molecule has 1 aliphatic heterocycles. The zero-order valence-corrected chi connectivity index (χ0v) is 18.2. The first kappa shape index (κ1) is 22.0. The molecule has 1 aliphatic rings. The average Bonchev–Trinajstić information content (AvgIpc) is 2.73. The Labute approximate surface area is 183 Å². The number of nitrogens with zero attached hydrogens (tertiary/aromatic N) is 2. The maximum Gasteiger partial charge on any atom is 0.312 e. The largest absolute Gasteiger partial charge is 0.345 e. The SMILES string of the molecule is CC(Cc1cccc(Br)c1)NC(=O)C(=O)N1CCN(C(=O)c2ccc(F)cc2)CC1. The van der Waals surface area contributed by atoms with Gasteiger partial charge in [-0.2, -0.15) is 0 Å². The molecule has 1 N–H and O–H groups in total. The molecule has 3 rings (SSSR count). The summed E-state index contributed by atoms with van der Waals surface area (Å²) in [4.78, 5) is 40.4. The monoisotopic (exact) mass is 475 g/mol. The Morgan fingerprint density at radius 2 is 1.67 bits per heavy atom. The highest BCUT2D eigenvalue weighted by Crippen LogP contribution is 2.13. The van der Waals surface area contributed by atoms with Crippen LogP contribution >= 0.6 is 15.9 Å². The van der Waals surface area contributed by atoms with Gasteiger partial charge in [-0.3, -0.25) is 14.4 Å². The molecule has 1 unspecified atom stereocenters. The molecular weight excluding hydrogens is 453 g/mol. The van der Waals surface area contributed by atoms with Gasteiger partial charge in [0.05, 0.1) is 0 Å². The van der Waals surface area contributed by atoms with Gasteiger partial charge >= 0.3 is 11.8 Å². The Kier molecular flexibility index (Phi) is 7.20. The number of nitrogens with one attached hydrogen (secondary N) is 1. The number of hydrogen-bond donors (Lipinski definition) is 1. The molecule has 30 heavy (non-hydrogen) atoms. The molecule has 8 heteroatoms. The van der Waals surface area contributed by atoms with Crippen LogP contribution < -0.4 is 5.32 Å². The van der Waals surface area contributed by atoms with Gasteiger partial charge in [0, 0.05) is 42.3 Å². The van der Waals surface area contributed by atoms with Gasteiger partial charge in [0.15, 0.2) is 0 Å². The summed E-state index contributed by atoms with van der Waals surface area (Å²) in [6.45, 7) is 3.05. The molecule has 0 bridgehead atoms. The summed E-state index contributed by atoms with van der Waals surface area (Å²) in [5, 5.41) is 2.75. The molecule has 0 spiro atoms. The van der Waals surface area contributed by atoms with Gasteiger partial charge in [-0.25, -0.2) is 4.39 Å². The van der Waals surface area contributed by atoms with Crippen LogP contribution in [0.5, 0.6) is 0 Å². The molecule has 1 saturated heterocycles. The van der Waals surface area contributed by atoms with Gasteiger partial charge in [-0.1, -0.05) is 28.1 Å². The van der Waals surface area contributed by atoms with Gasteiger partial charge < -0.3 is 15.1 Å². The summed E-state index contributed by atoms with van der Waals surface area (Å²) in [6.07, 6.45) is 0.610. The van der Waals surface area contributed by atoms with Gasteiger partial charge in [0.1, 0.15) is 5.82 Å². The quantitative estimate of drug-likeness (QED) is 0.690. The van der Waals surface area contributed by atoms with Crippen molar-refractivity contribution < 1.29 is 18.8 Å². The molecule has 0 aromatic heterocycles. The molecule has 1 fully saturated rings. The van der Waals surface area contributed by atoms with Crippen molar-refractivity contribution in [2.45, 2.75) is 19.4 Å². The zero-order valence-electron chi connectivity index (χ0n) is 16.6. The van der Waals surface area contributed by atoms with E-state index in [1.165, 1.54) is 29.2 Å². The Hall–Kier alpha value is -2.74. The third-order valence-corrected chi connectivity index (χ3v) is 5.44. The summed E-state index contributed by atoms with van der Waals surface area (Å²) < 4.78 is 14.0. The second-order valence-corrected chi connectivity index (χ2v) is 8.22. The molecule has 158 valence electrons. The Bertz CT molecular complexity index is 927. The number of piperazine rings is 1. The number of benzene rings is 2. The number of rotatable bonds is 4. The highest BCUT2D eigenvalue weighted by atomic mass is 79.9. The van der Waals surface area contributed by atoms with E-state index in [2.05, 4.69) is 21.2 Å². The molecule has 0 saturated carbocycles. The number of hydrogen-bond acceptors (Lipinski definition) is 3. The van der Waals surface area contributed by atoms with Crippen molar-refractivity contribution >= 4 is 33.7 Å². The standard InChI is InChI=1S/C22H23BrFN3O3/c1-15(13-16-3-2-4-18(23)14-16)25-20(28)22(30)27-11-9-26(10-12-27)21(29)17-5-7-19(24)8-6-17/h2-8,14-15H,9-13H2,1H3,(H,25,28). The second kappa shape index (κ2) is 9.84. The van der Waals surface area contributed by atoms with Crippen molar-refractivity contribution in [3.63, 3.8) is 0 Å². The van der Waals surface area contributed by atoms with Gasteiger partial charge in [-0.05, 0) is 55.3 Å². The van der Waals surface area contributed by atoms with E-state index in [0.717, 1.165) is 10.0 Å². The van der Waals surface area contributed by atoms with Crippen LogP contribution in [0.4, 0.5) is 4.39 Å². The third-order valence-electron chi connectivity index (χ3n) is 4.95. The zero-order chi connectivity index (χ0) is 21.7. The van der Waals surface area contributed by atoms with Crippen LogP contribution in [-0.4, -0.2) is 59.7 Å². The number of carbonyl (C=O) groups excluding carboxylic acids is 3. The topological polar surface area (TPSA) is 69.7 Å². The minimum Gasteiger partial charge on any atom is -0.345 e. The van der Waals surface area contributed by atoms with Crippen LogP contribution in [0.2, 0.25) is 0 Å². The summed E-state index contributed by atoms with van der Waals surface area (Å²) in [7, 11) is 0. The van der Waals surface area contributed by atoms with Gasteiger partial charge in [-0.15, -0.1) is 0 Å². The molecule has 3 amide bonds. The first-order valence-corrected chi connectivity index (χ1v) is 10.5. The van der Waals surface area contributed by atoms with Crippen molar-refractivity contribution in [3.05, 3.63) is 69.9 Å². The van der Waals surface area contributed by atoms with Crippen molar-refractivity contribution in [1.82, 2.24) is 15.1 Å². The Morgan fingerprint density at radius 1 is 1.03 bits per heavy atom. The van der Waals surface area contributed by atoms with Crippen LogP contribution in [-0.2, 0) is 16.0 Å². The van der Waals surface area contributed by atoms with E-state index in [1.54, 1.807) is 4.90 Å². The maximum atomic E-state index is 13.0. The van der Waals surface area contributed by atoms with E-state index >= 15 is 0 Å². The average molecular weight is 476 g/mol.